The topological polar surface area (TPSA) is 54.0 Å². The summed E-state index contributed by atoms with van der Waals surface area (Å²) in [6.07, 6.45) is 5.58. The van der Waals surface area contributed by atoms with Crippen molar-refractivity contribution in [3.63, 3.8) is 0 Å². The third-order valence-corrected chi connectivity index (χ3v) is 6.42. The summed E-state index contributed by atoms with van der Waals surface area (Å²) < 4.78 is 13.7. The first-order valence-corrected chi connectivity index (χ1v) is 9.59. The minimum atomic E-state index is -0.184. The number of aryl methyl sites for hydroxylation is 1. The Morgan fingerprint density at radius 1 is 1.44 bits per heavy atom. The summed E-state index contributed by atoms with van der Waals surface area (Å²) in [5.41, 5.74) is 1.80. The molecule has 4 nitrogen and oxygen atoms in total. The number of nitrogens with zero attached hydrogens (tertiary/aromatic N) is 1. The number of hydrogen-bond donors (Lipinski definition) is 2. The summed E-state index contributed by atoms with van der Waals surface area (Å²) in [6.45, 7) is 3.78. The molecule has 1 aromatic heterocycles. The van der Waals surface area contributed by atoms with E-state index in [9.17, 15) is 9.18 Å². The van der Waals surface area contributed by atoms with Gasteiger partial charge in [-0.25, -0.2) is 9.37 Å². The smallest absolute Gasteiger partial charge is 0.229 e. The zero-order valence-electron chi connectivity index (χ0n) is 14.3. The minimum Gasteiger partial charge on any atom is -0.317 e. The van der Waals surface area contributed by atoms with E-state index in [4.69, 9.17) is 0 Å². The van der Waals surface area contributed by atoms with Gasteiger partial charge in [-0.2, -0.15) is 0 Å². The van der Waals surface area contributed by atoms with Gasteiger partial charge >= 0.3 is 0 Å². The molecule has 2 aliphatic rings. The minimum absolute atomic E-state index is 0.101. The number of piperidine rings is 1. The molecule has 4 rings (SSSR count). The second-order valence-corrected chi connectivity index (χ2v) is 8.37. The number of benzene rings is 1. The Bertz CT molecular complexity index is 798. The van der Waals surface area contributed by atoms with E-state index in [0.717, 1.165) is 42.8 Å². The van der Waals surface area contributed by atoms with Crippen LogP contribution < -0.4 is 10.6 Å². The molecule has 1 spiro atoms. The number of nitrogens with one attached hydrogen (secondary N) is 2. The fourth-order valence-electron chi connectivity index (χ4n) is 3.78. The molecule has 132 valence electrons. The molecule has 1 aromatic carbocycles. The van der Waals surface area contributed by atoms with Gasteiger partial charge in [0.2, 0.25) is 5.91 Å². The second kappa shape index (κ2) is 6.50. The number of carbonyl (C=O) groups is 1. The summed E-state index contributed by atoms with van der Waals surface area (Å²) in [5.74, 6) is 0.0499. The second-order valence-electron chi connectivity index (χ2n) is 7.25. The lowest BCUT2D eigenvalue weighted by molar-refractivity contribution is -0.118. The van der Waals surface area contributed by atoms with Crippen LogP contribution in [0, 0.1) is 24.1 Å². The number of hydrogen-bond acceptors (Lipinski definition) is 4. The van der Waals surface area contributed by atoms with Gasteiger partial charge in [0, 0.05) is 23.4 Å². The fraction of sp³-hybridized carbons (Fsp3) is 0.474. The number of rotatable bonds is 4. The maximum absolute atomic E-state index is 13.7. The SMILES string of the molecule is Cc1ccc(Cc2cnc(NC(=O)C3CC34CCNCC4)s2)cc1F. The summed E-state index contributed by atoms with van der Waals surface area (Å²) in [7, 11) is 0. The fourth-order valence-corrected chi connectivity index (χ4v) is 4.63. The Kier molecular flexibility index (Phi) is 4.33. The molecule has 0 radical (unpaired) electrons. The first-order chi connectivity index (χ1) is 12.1. The summed E-state index contributed by atoms with van der Waals surface area (Å²) >= 11 is 1.47. The van der Waals surface area contributed by atoms with Crippen LogP contribution in [0.5, 0.6) is 0 Å². The molecule has 25 heavy (non-hydrogen) atoms. The Balaban J connectivity index is 1.37. The zero-order valence-corrected chi connectivity index (χ0v) is 15.1. The molecule has 1 unspecified atom stereocenters. The first-order valence-electron chi connectivity index (χ1n) is 8.77. The van der Waals surface area contributed by atoms with Crippen molar-refractivity contribution in [1.82, 2.24) is 10.3 Å². The Labute approximate surface area is 150 Å². The largest absolute Gasteiger partial charge is 0.317 e. The molecule has 0 bridgehead atoms. The van der Waals surface area contributed by atoms with Gasteiger partial charge in [-0.1, -0.05) is 12.1 Å². The predicted octanol–water partition coefficient (Wildman–Crippen LogP) is 3.51. The highest BCUT2D eigenvalue weighted by atomic mass is 32.1. The monoisotopic (exact) mass is 359 g/mol. The highest BCUT2D eigenvalue weighted by molar-refractivity contribution is 7.15. The maximum Gasteiger partial charge on any atom is 0.229 e. The molecule has 2 heterocycles. The number of aromatic nitrogens is 1. The highest BCUT2D eigenvalue weighted by Gasteiger charge is 2.57. The Hall–Kier alpha value is -1.79. The van der Waals surface area contributed by atoms with Crippen LogP contribution in [0.4, 0.5) is 9.52 Å². The van der Waals surface area contributed by atoms with Gasteiger partial charge in [0.1, 0.15) is 5.82 Å². The quantitative estimate of drug-likeness (QED) is 0.878. The molecule has 1 saturated carbocycles. The van der Waals surface area contributed by atoms with Crippen molar-refractivity contribution in [2.24, 2.45) is 11.3 Å². The van der Waals surface area contributed by atoms with E-state index >= 15 is 0 Å². The van der Waals surface area contributed by atoms with Crippen LogP contribution in [0.1, 0.15) is 35.3 Å². The van der Waals surface area contributed by atoms with E-state index in [0.29, 0.717) is 17.1 Å². The summed E-state index contributed by atoms with van der Waals surface area (Å²) in [5, 5.41) is 6.97. The van der Waals surface area contributed by atoms with Crippen LogP contribution in [-0.4, -0.2) is 24.0 Å². The number of amides is 1. The van der Waals surface area contributed by atoms with Crippen molar-refractivity contribution in [3.8, 4) is 0 Å². The molecule has 2 aromatic rings. The predicted molar refractivity (Wildman–Crippen MR) is 97.3 cm³/mol. The van der Waals surface area contributed by atoms with Crippen molar-refractivity contribution >= 4 is 22.4 Å². The van der Waals surface area contributed by atoms with Gasteiger partial charge in [0.25, 0.3) is 0 Å². The summed E-state index contributed by atoms with van der Waals surface area (Å²) in [4.78, 5) is 17.8. The zero-order chi connectivity index (χ0) is 17.4. The molecule has 1 saturated heterocycles. The van der Waals surface area contributed by atoms with Crippen molar-refractivity contribution in [2.75, 3.05) is 18.4 Å². The number of thiazole rings is 1. The lowest BCUT2D eigenvalue weighted by Gasteiger charge is -2.22. The molecule has 1 amide bonds. The van der Waals surface area contributed by atoms with E-state index in [1.54, 1.807) is 25.3 Å². The standard InChI is InChI=1S/C19H22FN3OS/c1-12-2-3-13(9-16(12)20)8-14-11-22-18(25-14)23-17(24)15-10-19(15)4-6-21-7-5-19/h2-3,9,11,15,21H,4-8,10H2,1H3,(H,22,23,24). The van der Waals surface area contributed by atoms with Crippen LogP contribution in [-0.2, 0) is 11.2 Å². The Morgan fingerprint density at radius 3 is 3.00 bits per heavy atom. The first kappa shape index (κ1) is 16.7. The molecular weight excluding hydrogens is 337 g/mol. The number of halogens is 1. The number of anilines is 1. The molecule has 6 heteroatoms. The maximum atomic E-state index is 13.7. The van der Waals surface area contributed by atoms with Crippen molar-refractivity contribution in [2.45, 2.75) is 32.6 Å². The third kappa shape index (κ3) is 3.46. The molecular formula is C19H22FN3OS. The van der Waals surface area contributed by atoms with Crippen molar-refractivity contribution in [3.05, 3.63) is 46.2 Å². The lowest BCUT2D eigenvalue weighted by atomic mass is 9.92. The molecule has 1 aliphatic heterocycles. The molecule has 1 aliphatic carbocycles. The molecule has 2 N–H and O–H groups in total. The highest BCUT2D eigenvalue weighted by Crippen LogP contribution is 2.58. The van der Waals surface area contributed by atoms with E-state index < -0.39 is 0 Å². The van der Waals surface area contributed by atoms with Crippen LogP contribution in [0.3, 0.4) is 0 Å². The van der Waals surface area contributed by atoms with Crippen LogP contribution in [0.25, 0.3) is 0 Å². The average molecular weight is 359 g/mol. The van der Waals surface area contributed by atoms with Crippen molar-refractivity contribution < 1.29 is 9.18 Å². The van der Waals surface area contributed by atoms with Gasteiger partial charge in [-0.15, -0.1) is 11.3 Å². The van der Waals surface area contributed by atoms with Gasteiger partial charge < -0.3 is 10.6 Å². The van der Waals surface area contributed by atoms with Gasteiger partial charge in [-0.3, -0.25) is 4.79 Å². The van der Waals surface area contributed by atoms with E-state index in [1.165, 1.54) is 11.3 Å². The van der Waals surface area contributed by atoms with E-state index in [-0.39, 0.29) is 23.1 Å². The van der Waals surface area contributed by atoms with E-state index in [2.05, 4.69) is 15.6 Å². The Morgan fingerprint density at radius 2 is 2.24 bits per heavy atom. The van der Waals surface area contributed by atoms with Crippen LogP contribution in [0.2, 0.25) is 0 Å². The van der Waals surface area contributed by atoms with Gasteiger partial charge in [0.05, 0.1) is 0 Å². The van der Waals surface area contributed by atoms with E-state index in [1.807, 2.05) is 6.07 Å². The lowest BCUT2D eigenvalue weighted by Crippen LogP contribution is -2.31. The molecule has 1 atom stereocenters. The van der Waals surface area contributed by atoms with Crippen molar-refractivity contribution in [1.29, 1.82) is 0 Å². The van der Waals surface area contributed by atoms with Crippen LogP contribution >= 0.6 is 11.3 Å². The van der Waals surface area contributed by atoms with Crippen LogP contribution in [0.15, 0.2) is 24.4 Å². The normalized spacial score (nSPS) is 21.3. The number of carbonyl (C=O) groups excluding carboxylic acids is 1. The average Bonchev–Trinajstić information content (AvgIpc) is 3.10. The van der Waals surface area contributed by atoms with Gasteiger partial charge in [0.15, 0.2) is 5.13 Å². The van der Waals surface area contributed by atoms with Gasteiger partial charge in [-0.05, 0) is 61.9 Å². The summed E-state index contributed by atoms with van der Waals surface area (Å²) in [6, 6.07) is 5.29. The third-order valence-electron chi connectivity index (χ3n) is 5.50. The molecule has 2 fully saturated rings.